The summed E-state index contributed by atoms with van der Waals surface area (Å²) in [6.07, 6.45) is 1.19. The van der Waals surface area contributed by atoms with Gasteiger partial charge in [0.05, 0.1) is 0 Å². The number of halogens is 1. The summed E-state index contributed by atoms with van der Waals surface area (Å²) in [5.74, 6) is 1.21. The van der Waals surface area contributed by atoms with Crippen LogP contribution in [0, 0.1) is 3.70 Å². The van der Waals surface area contributed by atoms with Gasteiger partial charge in [0.25, 0.3) is 0 Å². The summed E-state index contributed by atoms with van der Waals surface area (Å²) < 4.78 is 1.22. The summed E-state index contributed by atoms with van der Waals surface area (Å²) in [5.41, 5.74) is 1.42. The van der Waals surface area contributed by atoms with Crippen molar-refractivity contribution in [2.45, 2.75) is 11.4 Å². The van der Waals surface area contributed by atoms with E-state index >= 15 is 0 Å². The lowest BCUT2D eigenvalue weighted by Crippen LogP contribution is -1.81. The number of H-pyrrole nitrogens is 1. The van der Waals surface area contributed by atoms with Gasteiger partial charge in [0.2, 0.25) is 0 Å². The summed E-state index contributed by atoms with van der Waals surface area (Å²) in [7, 11) is 0. The molecule has 0 aromatic carbocycles. The normalized spacial score (nSPS) is 16.1. The highest BCUT2D eigenvalue weighted by atomic mass is 127. The summed E-state index contributed by atoms with van der Waals surface area (Å²) >= 11 is 4.13. The Morgan fingerprint density at radius 2 is 2.56 bits per heavy atom. The zero-order chi connectivity index (χ0) is 6.27. The van der Waals surface area contributed by atoms with Gasteiger partial charge >= 0.3 is 0 Å². The summed E-state index contributed by atoms with van der Waals surface area (Å²) in [5, 5.41) is 8.29. The number of fused-ring (bicyclic) bond motifs is 1. The number of nitrogens with one attached hydrogen (secondary N) is 1. The molecule has 2 nitrogen and oxygen atoms in total. The number of thioether (sulfide) groups is 1. The van der Waals surface area contributed by atoms with Crippen LogP contribution in [0.2, 0.25) is 0 Å². The SMILES string of the molecule is Ic1[nH]nc2c1CCS2. The number of nitrogens with zero attached hydrogens (tertiary/aromatic N) is 1. The Kier molecular flexibility index (Phi) is 1.45. The fraction of sp³-hybridized carbons (Fsp3) is 0.400. The van der Waals surface area contributed by atoms with Gasteiger partial charge in [0.15, 0.2) is 0 Å². The van der Waals surface area contributed by atoms with Crippen LogP contribution in [0.3, 0.4) is 0 Å². The van der Waals surface area contributed by atoms with Gasteiger partial charge in [-0.3, -0.25) is 5.10 Å². The Morgan fingerprint density at radius 3 is 3.33 bits per heavy atom. The van der Waals surface area contributed by atoms with Crippen LogP contribution in [0.25, 0.3) is 0 Å². The molecular formula is C5H5IN2S. The maximum absolute atomic E-state index is 4.13. The van der Waals surface area contributed by atoms with Crippen LogP contribution in [-0.2, 0) is 6.42 Å². The second kappa shape index (κ2) is 2.16. The molecule has 0 unspecified atom stereocenters. The molecule has 0 radical (unpaired) electrons. The van der Waals surface area contributed by atoms with Gasteiger partial charge in [-0.25, -0.2) is 0 Å². The average Bonchev–Trinajstić information content (AvgIpc) is 2.35. The van der Waals surface area contributed by atoms with Crippen LogP contribution in [0.5, 0.6) is 0 Å². The molecule has 1 aliphatic rings. The Balaban J connectivity index is 2.56. The largest absolute Gasteiger partial charge is 0.271 e. The molecule has 0 atom stereocenters. The highest BCUT2D eigenvalue weighted by molar-refractivity contribution is 14.1. The Morgan fingerprint density at radius 1 is 1.67 bits per heavy atom. The quantitative estimate of drug-likeness (QED) is 0.711. The fourth-order valence-electron chi connectivity index (χ4n) is 0.915. The van der Waals surface area contributed by atoms with Crippen molar-refractivity contribution >= 4 is 34.4 Å². The second-order valence-corrected chi connectivity index (χ2v) is 4.08. The summed E-state index contributed by atoms with van der Waals surface area (Å²) in [4.78, 5) is 0. The monoisotopic (exact) mass is 252 g/mol. The number of aromatic nitrogens is 2. The van der Waals surface area contributed by atoms with E-state index in [1.165, 1.54) is 26.5 Å². The lowest BCUT2D eigenvalue weighted by Gasteiger charge is -1.83. The van der Waals surface area contributed by atoms with Gasteiger partial charge < -0.3 is 0 Å². The van der Waals surface area contributed by atoms with Crippen LogP contribution in [-0.4, -0.2) is 16.0 Å². The number of hydrogen-bond acceptors (Lipinski definition) is 2. The molecule has 2 heterocycles. The van der Waals surface area contributed by atoms with Crippen molar-refractivity contribution in [2.75, 3.05) is 5.75 Å². The van der Waals surface area contributed by atoms with Crippen LogP contribution in [0.1, 0.15) is 5.56 Å². The maximum Gasteiger partial charge on any atom is 0.122 e. The molecule has 0 aliphatic carbocycles. The van der Waals surface area contributed by atoms with E-state index < -0.39 is 0 Å². The Bertz CT molecular complexity index is 233. The molecule has 2 rings (SSSR count). The minimum atomic E-state index is 1.19. The van der Waals surface area contributed by atoms with E-state index in [2.05, 4.69) is 32.8 Å². The van der Waals surface area contributed by atoms with Crippen molar-refractivity contribution in [3.05, 3.63) is 9.26 Å². The predicted octanol–water partition coefficient (Wildman–Crippen LogP) is 1.66. The van der Waals surface area contributed by atoms with E-state index in [4.69, 9.17) is 0 Å². The highest BCUT2D eigenvalue weighted by Crippen LogP contribution is 2.31. The minimum absolute atomic E-state index is 1.19. The molecule has 4 heteroatoms. The molecule has 1 aliphatic heterocycles. The molecule has 0 amide bonds. The third kappa shape index (κ3) is 0.881. The minimum Gasteiger partial charge on any atom is -0.271 e. The molecule has 0 bridgehead atoms. The summed E-state index contributed by atoms with van der Waals surface area (Å²) in [6, 6.07) is 0. The lowest BCUT2D eigenvalue weighted by atomic mass is 10.3. The Labute approximate surface area is 70.9 Å². The second-order valence-electron chi connectivity index (χ2n) is 1.92. The van der Waals surface area contributed by atoms with E-state index in [-0.39, 0.29) is 0 Å². The standard InChI is InChI=1S/C5H5IN2S/c6-4-3-1-2-9-5(3)8-7-4/h1-2H2,(H,7,8). The Hall–Kier alpha value is 0.290. The van der Waals surface area contributed by atoms with Crippen molar-refractivity contribution in [3.63, 3.8) is 0 Å². The topological polar surface area (TPSA) is 28.7 Å². The molecule has 1 N–H and O–H groups in total. The third-order valence-electron chi connectivity index (χ3n) is 1.37. The zero-order valence-corrected chi connectivity index (χ0v) is 7.62. The first kappa shape index (κ1) is 6.03. The van der Waals surface area contributed by atoms with Crippen molar-refractivity contribution in [1.82, 2.24) is 10.2 Å². The molecule has 9 heavy (non-hydrogen) atoms. The van der Waals surface area contributed by atoms with Gasteiger partial charge in [-0.05, 0) is 29.0 Å². The smallest absolute Gasteiger partial charge is 0.122 e. The van der Waals surface area contributed by atoms with Gasteiger partial charge in [-0.15, -0.1) is 11.8 Å². The van der Waals surface area contributed by atoms with Crippen molar-refractivity contribution < 1.29 is 0 Å². The first-order valence-electron chi connectivity index (χ1n) is 2.73. The zero-order valence-electron chi connectivity index (χ0n) is 4.65. The fourth-order valence-corrected chi connectivity index (χ4v) is 2.73. The van der Waals surface area contributed by atoms with Gasteiger partial charge in [0, 0.05) is 11.3 Å². The summed E-state index contributed by atoms with van der Waals surface area (Å²) in [6.45, 7) is 0. The van der Waals surface area contributed by atoms with Crippen LogP contribution in [0.4, 0.5) is 0 Å². The van der Waals surface area contributed by atoms with Gasteiger partial charge in [-0.1, -0.05) is 0 Å². The number of rotatable bonds is 0. The predicted molar refractivity (Wildman–Crippen MR) is 45.7 cm³/mol. The van der Waals surface area contributed by atoms with E-state index in [1.54, 1.807) is 0 Å². The van der Waals surface area contributed by atoms with E-state index in [1.807, 2.05) is 11.8 Å². The van der Waals surface area contributed by atoms with Crippen LogP contribution >= 0.6 is 34.4 Å². The average molecular weight is 252 g/mol. The maximum atomic E-state index is 4.13. The van der Waals surface area contributed by atoms with E-state index in [9.17, 15) is 0 Å². The van der Waals surface area contributed by atoms with E-state index in [0.29, 0.717) is 0 Å². The molecule has 1 aromatic heterocycles. The van der Waals surface area contributed by atoms with Crippen LogP contribution < -0.4 is 0 Å². The molecule has 0 fully saturated rings. The van der Waals surface area contributed by atoms with Crippen LogP contribution in [0.15, 0.2) is 5.03 Å². The van der Waals surface area contributed by atoms with Gasteiger partial charge in [0.1, 0.15) is 8.73 Å². The first-order chi connectivity index (χ1) is 4.38. The molecule has 0 saturated heterocycles. The van der Waals surface area contributed by atoms with Gasteiger partial charge in [-0.2, -0.15) is 5.10 Å². The third-order valence-corrected chi connectivity index (χ3v) is 3.28. The van der Waals surface area contributed by atoms with Crippen molar-refractivity contribution in [3.8, 4) is 0 Å². The molecular weight excluding hydrogens is 247 g/mol. The molecule has 48 valence electrons. The van der Waals surface area contributed by atoms with E-state index in [0.717, 1.165) is 0 Å². The first-order valence-corrected chi connectivity index (χ1v) is 4.80. The molecule has 1 aromatic rings. The molecule has 0 spiro atoms. The van der Waals surface area contributed by atoms with Crippen molar-refractivity contribution in [2.24, 2.45) is 0 Å². The number of hydrogen-bond donors (Lipinski definition) is 1. The number of aromatic amines is 1. The lowest BCUT2D eigenvalue weighted by molar-refractivity contribution is 0.993. The van der Waals surface area contributed by atoms with Crippen molar-refractivity contribution in [1.29, 1.82) is 0 Å². The highest BCUT2D eigenvalue weighted by Gasteiger charge is 2.16. The molecule has 0 saturated carbocycles.